The third-order valence-electron chi connectivity index (χ3n) is 9.19. The van der Waals surface area contributed by atoms with Gasteiger partial charge in [0.2, 0.25) is 0 Å². The highest BCUT2D eigenvalue weighted by Gasteiger charge is 2.33. The van der Waals surface area contributed by atoms with Gasteiger partial charge in [0, 0.05) is 23.1 Å². The average Bonchev–Trinajstić information content (AvgIpc) is 3.50. The molecular weight excluding hydrogens is 655 g/mol. The minimum absolute atomic E-state index is 0.113. The standard InChI is InChI=1S/C44H47NO5S/c1-9-13-28(5)49-39-32(30-16-11-15-26(3)23-30)17-12-18-33(39)42-45-35-24-27(4)37(40(43(46)47)50-44(6,7)8)38(41(35)51-42)31-19-20-36-34(25-31)29(14-10-2)21-22-48-36/h9-12,15-20,23-25,28-29,40H,1-2,13-14,21-22H2,3-8H3,(H,46,47)/t28-,29?,40?/m0/s1. The minimum atomic E-state index is -1.20. The van der Waals surface area contributed by atoms with Crippen LogP contribution in [0.15, 0.2) is 92.0 Å². The lowest BCUT2D eigenvalue weighted by Crippen LogP contribution is -2.28. The number of benzene rings is 4. The van der Waals surface area contributed by atoms with E-state index < -0.39 is 17.7 Å². The van der Waals surface area contributed by atoms with Crippen molar-refractivity contribution in [2.24, 2.45) is 0 Å². The molecule has 264 valence electrons. The molecule has 6 rings (SSSR count). The van der Waals surface area contributed by atoms with Gasteiger partial charge in [0.15, 0.2) is 6.10 Å². The Bertz CT molecular complexity index is 2110. The van der Waals surface area contributed by atoms with E-state index in [0.29, 0.717) is 18.6 Å². The number of hydrogen-bond acceptors (Lipinski definition) is 6. The zero-order chi connectivity index (χ0) is 36.4. The molecule has 2 unspecified atom stereocenters. The first-order chi connectivity index (χ1) is 24.4. The summed E-state index contributed by atoms with van der Waals surface area (Å²) in [5.74, 6) is 0.834. The highest BCUT2D eigenvalue weighted by atomic mass is 32.1. The van der Waals surface area contributed by atoms with Crippen molar-refractivity contribution in [1.29, 1.82) is 0 Å². The summed E-state index contributed by atoms with van der Waals surface area (Å²) in [5, 5.41) is 11.5. The molecule has 6 nitrogen and oxygen atoms in total. The number of fused-ring (bicyclic) bond motifs is 2. The quantitative estimate of drug-likeness (QED) is 0.130. The number of para-hydroxylation sites is 1. The van der Waals surface area contributed by atoms with Gasteiger partial charge in [0.25, 0.3) is 0 Å². The van der Waals surface area contributed by atoms with Crippen molar-refractivity contribution in [2.45, 2.75) is 84.5 Å². The smallest absolute Gasteiger partial charge is 0.337 e. The van der Waals surface area contributed by atoms with Gasteiger partial charge in [-0.25, -0.2) is 9.78 Å². The number of carboxylic acids is 1. The Hall–Kier alpha value is -4.72. The number of aryl methyl sites for hydroxylation is 2. The molecule has 7 heteroatoms. The second-order valence-corrected chi connectivity index (χ2v) is 15.4. The van der Waals surface area contributed by atoms with E-state index in [2.05, 4.69) is 62.5 Å². The van der Waals surface area contributed by atoms with E-state index in [9.17, 15) is 9.90 Å². The molecule has 5 aromatic rings. The van der Waals surface area contributed by atoms with E-state index in [-0.39, 0.29) is 12.0 Å². The molecule has 1 aliphatic rings. The Kier molecular flexibility index (Phi) is 10.5. The lowest BCUT2D eigenvalue weighted by atomic mass is 9.86. The van der Waals surface area contributed by atoms with Crippen LogP contribution in [-0.4, -0.2) is 34.4 Å². The number of aromatic nitrogens is 1. The number of nitrogens with zero attached hydrogens (tertiary/aromatic N) is 1. The van der Waals surface area contributed by atoms with Crippen molar-refractivity contribution in [3.8, 4) is 44.3 Å². The fourth-order valence-corrected chi connectivity index (χ4v) is 8.11. The SMILES string of the molecule is C=CCC1CCOc2ccc(-c3c(C(OC(C)(C)C)C(=O)O)c(C)cc4nc(-c5cccc(-c6cccc(C)c6)c5O[C@@H](C)CC=C)sc34)cc21. The highest BCUT2D eigenvalue weighted by molar-refractivity contribution is 7.22. The summed E-state index contributed by atoms with van der Waals surface area (Å²) in [5.41, 5.74) is 8.41. The molecule has 0 amide bonds. The predicted octanol–water partition coefficient (Wildman–Crippen LogP) is 11.6. The van der Waals surface area contributed by atoms with Gasteiger partial charge in [-0.1, -0.05) is 60.2 Å². The van der Waals surface area contributed by atoms with Crippen molar-refractivity contribution in [1.82, 2.24) is 4.98 Å². The molecule has 1 aromatic heterocycles. The number of ether oxygens (including phenoxy) is 3. The topological polar surface area (TPSA) is 77.9 Å². The third kappa shape index (κ3) is 7.65. The maximum atomic E-state index is 13.1. The molecule has 0 aliphatic carbocycles. The highest BCUT2D eigenvalue weighted by Crippen LogP contribution is 2.49. The van der Waals surface area contributed by atoms with Crippen molar-refractivity contribution < 1.29 is 24.1 Å². The number of hydrogen-bond donors (Lipinski definition) is 1. The largest absolute Gasteiger partial charge is 0.493 e. The molecule has 1 N–H and O–H groups in total. The molecule has 4 aromatic carbocycles. The second kappa shape index (κ2) is 14.9. The van der Waals surface area contributed by atoms with Gasteiger partial charge in [-0.05, 0) is 107 Å². The molecule has 3 atom stereocenters. The number of aliphatic carboxylic acids is 1. The normalized spacial score (nSPS) is 15.5. The van der Waals surface area contributed by atoms with E-state index in [1.807, 2.05) is 71.0 Å². The molecule has 1 aliphatic heterocycles. The molecule has 0 fully saturated rings. The van der Waals surface area contributed by atoms with E-state index in [0.717, 1.165) is 84.1 Å². The van der Waals surface area contributed by atoms with E-state index in [1.165, 1.54) is 0 Å². The summed E-state index contributed by atoms with van der Waals surface area (Å²) < 4.78 is 20.0. The first kappa shape index (κ1) is 36.1. The zero-order valence-electron chi connectivity index (χ0n) is 30.4. The Morgan fingerprint density at radius 2 is 1.80 bits per heavy atom. The molecule has 0 saturated heterocycles. The number of carbonyl (C=O) groups is 1. The first-order valence-corrected chi connectivity index (χ1v) is 18.4. The van der Waals surface area contributed by atoms with Gasteiger partial charge in [-0.2, -0.15) is 0 Å². The lowest BCUT2D eigenvalue weighted by molar-refractivity contribution is -0.160. The summed E-state index contributed by atoms with van der Waals surface area (Å²) in [6.45, 7) is 20.3. The van der Waals surface area contributed by atoms with Crippen molar-refractivity contribution >= 4 is 27.5 Å². The van der Waals surface area contributed by atoms with Crippen LogP contribution in [0.1, 0.15) is 81.2 Å². The van der Waals surface area contributed by atoms with Gasteiger partial charge in [0.05, 0.1) is 34.1 Å². The summed E-state index contributed by atoms with van der Waals surface area (Å²) in [6, 6.07) is 22.8. The van der Waals surface area contributed by atoms with Crippen LogP contribution < -0.4 is 9.47 Å². The van der Waals surface area contributed by atoms with Crippen LogP contribution in [0.2, 0.25) is 0 Å². The Labute approximate surface area is 305 Å². The number of allylic oxidation sites excluding steroid dienone is 1. The molecule has 0 bridgehead atoms. The molecule has 0 saturated carbocycles. The molecular formula is C44H47NO5S. The van der Waals surface area contributed by atoms with E-state index >= 15 is 0 Å². The van der Waals surface area contributed by atoms with Gasteiger partial charge in [-0.3, -0.25) is 0 Å². The van der Waals surface area contributed by atoms with Gasteiger partial charge < -0.3 is 19.3 Å². The molecule has 0 spiro atoms. The molecule has 0 radical (unpaired) electrons. The summed E-state index contributed by atoms with van der Waals surface area (Å²) in [4.78, 5) is 18.3. The Morgan fingerprint density at radius 1 is 1.04 bits per heavy atom. The van der Waals surface area contributed by atoms with Crippen LogP contribution in [0.25, 0.3) is 43.0 Å². The van der Waals surface area contributed by atoms with Gasteiger partial charge >= 0.3 is 5.97 Å². The molecule has 51 heavy (non-hydrogen) atoms. The summed E-state index contributed by atoms with van der Waals surface area (Å²) >= 11 is 1.54. The maximum absolute atomic E-state index is 13.1. The average molecular weight is 702 g/mol. The fraction of sp³-hybridized carbons (Fsp3) is 0.318. The Balaban J connectivity index is 1.63. The summed E-state index contributed by atoms with van der Waals surface area (Å²) in [7, 11) is 0. The zero-order valence-corrected chi connectivity index (χ0v) is 31.2. The van der Waals surface area contributed by atoms with E-state index in [4.69, 9.17) is 19.2 Å². The van der Waals surface area contributed by atoms with Crippen LogP contribution in [0.5, 0.6) is 11.5 Å². The third-order valence-corrected chi connectivity index (χ3v) is 10.3. The summed E-state index contributed by atoms with van der Waals surface area (Å²) in [6.07, 6.45) is 4.92. The monoisotopic (exact) mass is 701 g/mol. The van der Waals surface area contributed by atoms with Gasteiger partial charge in [0.1, 0.15) is 16.5 Å². The van der Waals surface area contributed by atoms with Crippen LogP contribution in [0.4, 0.5) is 0 Å². The lowest BCUT2D eigenvalue weighted by Gasteiger charge is -2.29. The van der Waals surface area contributed by atoms with Crippen LogP contribution in [0.3, 0.4) is 0 Å². The van der Waals surface area contributed by atoms with Crippen LogP contribution in [0, 0.1) is 13.8 Å². The van der Waals surface area contributed by atoms with Crippen molar-refractivity contribution in [3.05, 3.63) is 114 Å². The fourth-order valence-electron chi connectivity index (χ4n) is 6.96. The predicted molar refractivity (Wildman–Crippen MR) is 209 cm³/mol. The molecule has 2 heterocycles. The first-order valence-electron chi connectivity index (χ1n) is 17.6. The van der Waals surface area contributed by atoms with Crippen LogP contribution >= 0.6 is 11.3 Å². The maximum Gasteiger partial charge on any atom is 0.337 e. The van der Waals surface area contributed by atoms with Gasteiger partial charge in [-0.15, -0.1) is 24.5 Å². The van der Waals surface area contributed by atoms with Crippen molar-refractivity contribution in [3.63, 3.8) is 0 Å². The van der Waals surface area contributed by atoms with E-state index in [1.54, 1.807) is 11.3 Å². The number of thiazole rings is 1. The van der Waals surface area contributed by atoms with Crippen LogP contribution in [-0.2, 0) is 9.53 Å². The minimum Gasteiger partial charge on any atom is -0.493 e. The van der Waals surface area contributed by atoms with Crippen molar-refractivity contribution in [2.75, 3.05) is 6.61 Å². The second-order valence-electron chi connectivity index (χ2n) is 14.4. The number of carboxylic acid groups (broad SMARTS) is 1. The number of rotatable bonds is 12. The Morgan fingerprint density at radius 3 is 2.51 bits per heavy atom.